The summed E-state index contributed by atoms with van der Waals surface area (Å²) in [4.78, 5) is 11.7. The summed E-state index contributed by atoms with van der Waals surface area (Å²) >= 11 is 18.1. The molecule has 1 heterocycles. The lowest BCUT2D eigenvalue weighted by Crippen LogP contribution is -2.04. The molecule has 0 bridgehead atoms. The predicted molar refractivity (Wildman–Crippen MR) is 93.0 cm³/mol. The molecule has 1 aromatic heterocycles. The van der Waals surface area contributed by atoms with E-state index in [1.54, 1.807) is 30.3 Å². The van der Waals surface area contributed by atoms with Crippen molar-refractivity contribution in [3.63, 3.8) is 0 Å². The summed E-state index contributed by atoms with van der Waals surface area (Å²) < 4.78 is 10.9. The van der Waals surface area contributed by atoms with E-state index in [1.807, 2.05) is 6.92 Å². The first-order valence-corrected chi connectivity index (χ1v) is 7.88. The normalized spacial score (nSPS) is 11.0. The molecule has 3 aromatic rings. The third-order valence-electron chi connectivity index (χ3n) is 3.39. The minimum absolute atomic E-state index is 0.156. The van der Waals surface area contributed by atoms with E-state index in [2.05, 4.69) is 0 Å². The zero-order chi connectivity index (χ0) is 16.6. The van der Waals surface area contributed by atoms with Crippen LogP contribution >= 0.6 is 34.8 Å². The topological polar surface area (TPSA) is 39.4 Å². The molecule has 6 heteroatoms. The van der Waals surface area contributed by atoms with Gasteiger partial charge in [0, 0.05) is 27.1 Å². The molecule has 0 fully saturated rings. The van der Waals surface area contributed by atoms with Crippen LogP contribution in [0.3, 0.4) is 0 Å². The number of hydrogen-bond donors (Lipinski definition) is 0. The molecule has 0 unspecified atom stereocenters. The Labute approximate surface area is 147 Å². The molecule has 3 rings (SSSR count). The highest BCUT2D eigenvalue weighted by atomic mass is 35.5. The smallest absolute Gasteiger partial charge is 0.336 e. The average molecular weight is 370 g/mol. The maximum absolute atomic E-state index is 11.7. The van der Waals surface area contributed by atoms with Crippen LogP contribution in [0.5, 0.6) is 5.75 Å². The molecular formula is C17H11Cl3O3. The first kappa shape index (κ1) is 16.2. The second-order valence-electron chi connectivity index (χ2n) is 5.05. The van der Waals surface area contributed by atoms with Gasteiger partial charge in [-0.05, 0) is 42.8 Å². The molecule has 0 aliphatic rings. The van der Waals surface area contributed by atoms with Gasteiger partial charge in [-0.15, -0.1) is 0 Å². The number of halogens is 3. The van der Waals surface area contributed by atoms with Gasteiger partial charge in [-0.1, -0.05) is 34.8 Å². The van der Waals surface area contributed by atoms with Gasteiger partial charge < -0.3 is 9.15 Å². The second kappa shape index (κ2) is 6.44. The molecule has 23 heavy (non-hydrogen) atoms. The lowest BCUT2D eigenvalue weighted by Gasteiger charge is -2.10. The van der Waals surface area contributed by atoms with Crippen molar-refractivity contribution in [1.82, 2.24) is 0 Å². The molecule has 0 saturated heterocycles. The minimum Gasteiger partial charge on any atom is -0.487 e. The maximum Gasteiger partial charge on any atom is 0.336 e. The summed E-state index contributed by atoms with van der Waals surface area (Å²) in [6.07, 6.45) is 0. The van der Waals surface area contributed by atoms with Crippen LogP contribution in [0, 0.1) is 6.92 Å². The van der Waals surface area contributed by atoms with Crippen molar-refractivity contribution in [2.75, 3.05) is 0 Å². The fraction of sp³-hybridized carbons (Fsp3) is 0.118. The molecule has 0 saturated carbocycles. The zero-order valence-corrected chi connectivity index (χ0v) is 14.3. The zero-order valence-electron chi connectivity index (χ0n) is 12.0. The monoisotopic (exact) mass is 368 g/mol. The van der Waals surface area contributed by atoms with Crippen molar-refractivity contribution in [2.24, 2.45) is 0 Å². The van der Waals surface area contributed by atoms with Crippen molar-refractivity contribution in [1.29, 1.82) is 0 Å². The van der Waals surface area contributed by atoms with Gasteiger partial charge in [0.05, 0.1) is 5.02 Å². The predicted octanol–water partition coefficient (Wildman–Crippen LogP) is 5.64. The first-order valence-electron chi connectivity index (χ1n) is 6.75. The molecule has 0 amide bonds. The second-order valence-corrected chi connectivity index (χ2v) is 6.30. The van der Waals surface area contributed by atoms with E-state index in [0.29, 0.717) is 32.0 Å². The summed E-state index contributed by atoms with van der Waals surface area (Å²) in [6, 6.07) is 9.83. The number of benzene rings is 2. The first-order chi connectivity index (χ1) is 10.9. The Morgan fingerprint density at radius 3 is 2.57 bits per heavy atom. The molecule has 0 aliphatic carbocycles. The Balaban J connectivity index is 1.99. The Kier molecular flexibility index (Phi) is 4.53. The quantitative estimate of drug-likeness (QED) is 0.561. The van der Waals surface area contributed by atoms with Crippen LogP contribution in [0.2, 0.25) is 15.1 Å². The van der Waals surface area contributed by atoms with Crippen LogP contribution in [-0.4, -0.2) is 0 Å². The SMILES string of the molecule is Cc1cc2oc(=O)cc(COc3ccc(Cl)cc3Cl)c2cc1Cl. The average Bonchev–Trinajstić information content (AvgIpc) is 2.48. The van der Waals surface area contributed by atoms with E-state index >= 15 is 0 Å². The highest BCUT2D eigenvalue weighted by molar-refractivity contribution is 6.35. The molecule has 0 aliphatic heterocycles. The van der Waals surface area contributed by atoms with Crippen molar-refractivity contribution in [2.45, 2.75) is 13.5 Å². The van der Waals surface area contributed by atoms with Crippen LogP contribution in [0.15, 0.2) is 45.6 Å². The van der Waals surface area contributed by atoms with Gasteiger partial charge in [0.25, 0.3) is 0 Å². The summed E-state index contributed by atoms with van der Waals surface area (Å²) in [6.45, 7) is 2.00. The van der Waals surface area contributed by atoms with Gasteiger partial charge >= 0.3 is 5.63 Å². The highest BCUT2D eigenvalue weighted by Crippen LogP contribution is 2.30. The molecule has 0 spiro atoms. The van der Waals surface area contributed by atoms with E-state index in [4.69, 9.17) is 44.0 Å². The van der Waals surface area contributed by atoms with E-state index in [-0.39, 0.29) is 6.61 Å². The molecule has 118 valence electrons. The van der Waals surface area contributed by atoms with Crippen molar-refractivity contribution < 1.29 is 9.15 Å². The maximum atomic E-state index is 11.7. The highest BCUT2D eigenvalue weighted by Gasteiger charge is 2.10. The lowest BCUT2D eigenvalue weighted by molar-refractivity contribution is 0.307. The van der Waals surface area contributed by atoms with Crippen LogP contribution in [0.4, 0.5) is 0 Å². The van der Waals surface area contributed by atoms with Crippen molar-refractivity contribution in [3.8, 4) is 5.75 Å². The third kappa shape index (κ3) is 3.47. The fourth-order valence-corrected chi connectivity index (χ4v) is 2.84. The van der Waals surface area contributed by atoms with Gasteiger partial charge in [-0.25, -0.2) is 4.79 Å². The van der Waals surface area contributed by atoms with E-state index in [1.165, 1.54) is 6.07 Å². The van der Waals surface area contributed by atoms with Gasteiger partial charge in [-0.3, -0.25) is 0 Å². The standard InChI is InChI=1S/C17H11Cl3O3/c1-9-4-16-12(7-13(9)19)10(5-17(21)23-16)8-22-15-3-2-11(18)6-14(15)20/h2-7H,8H2,1H3. The van der Waals surface area contributed by atoms with Crippen LogP contribution in [-0.2, 0) is 6.61 Å². The van der Waals surface area contributed by atoms with Crippen LogP contribution < -0.4 is 10.4 Å². The van der Waals surface area contributed by atoms with Gasteiger partial charge in [0.1, 0.15) is 17.9 Å². The lowest BCUT2D eigenvalue weighted by atomic mass is 10.1. The summed E-state index contributed by atoms with van der Waals surface area (Å²) in [7, 11) is 0. The number of hydrogen-bond acceptors (Lipinski definition) is 3. The van der Waals surface area contributed by atoms with E-state index in [0.717, 1.165) is 10.9 Å². The number of ether oxygens (including phenoxy) is 1. The molecular weight excluding hydrogens is 359 g/mol. The minimum atomic E-state index is -0.444. The molecule has 0 N–H and O–H groups in total. The largest absolute Gasteiger partial charge is 0.487 e. The third-order valence-corrected chi connectivity index (χ3v) is 4.32. The van der Waals surface area contributed by atoms with Crippen molar-refractivity contribution >= 4 is 45.8 Å². The summed E-state index contributed by atoms with van der Waals surface area (Å²) in [5.74, 6) is 0.482. The number of aryl methyl sites for hydroxylation is 1. The summed E-state index contributed by atoms with van der Waals surface area (Å²) in [5.41, 5.74) is 1.53. The van der Waals surface area contributed by atoms with Crippen LogP contribution in [0.1, 0.15) is 11.1 Å². The van der Waals surface area contributed by atoms with Crippen molar-refractivity contribution in [3.05, 3.63) is 73.0 Å². The molecule has 2 aromatic carbocycles. The molecule has 3 nitrogen and oxygen atoms in total. The number of fused-ring (bicyclic) bond motifs is 1. The Morgan fingerprint density at radius 1 is 1.04 bits per heavy atom. The number of rotatable bonds is 3. The van der Waals surface area contributed by atoms with Gasteiger partial charge in [0.15, 0.2) is 0 Å². The van der Waals surface area contributed by atoms with Gasteiger partial charge in [0.2, 0.25) is 0 Å². The molecule has 0 atom stereocenters. The Hall–Kier alpha value is -1.68. The van der Waals surface area contributed by atoms with Crippen LogP contribution in [0.25, 0.3) is 11.0 Å². The Morgan fingerprint density at radius 2 is 1.83 bits per heavy atom. The van der Waals surface area contributed by atoms with E-state index < -0.39 is 5.63 Å². The Bertz CT molecular complexity index is 948. The molecule has 0 radical (unpaired) electrons. The van der Waals surface area contributed by atoms with E-state index in [9.17, 15) is 4.79 Å². The van der Waals surface area contributed by atoms with Gasteiger partial charge in [-0.2, -0.15) is 0 Å². The fourth-order valence-electron chi connectivity index (χ4n) is 2.22. The summed E-state index contributed by atoms with van der Waals surface area (Å²) in [5, 5.41) is 2.25.